The normalized spacial score (nSPS) is 13.1. The Kier molecular flexibility index (Phi) is 7.90. The second kappa shape index (κ2) is 8.86. The molecule has 1 amide bonds. The van der Waals surface area contributed by atoms with Gasteiger partial charge in [0, 0.05) is 6.42 Å². The van der Waals surface area contributed by atoms with Gasteiger partial charge in [-0.3, -0.25) is 9.59 Å². The van der Waals surface area contributed by atoms with Crippen molar-refractivity contribution in [1.82, 2.24) is 5.32 Å². The summed E-state index contributed by atoms with van der Waals surface area (Å²) in [4.78, 5) is 43.6. The Balaban J connectivity index is 4.21. The van der Waals surface area contributed by atoms with E-state index in [1.165, 1.54) is 0 Å². The summed E-state index contributed by atoms with van der Waals surface area (Å²) in [5.41, 5.74) is 5.23. The van der Waals surface area contributed by atoms with E-state index in [4.69, 9.17) is 15.9 Å². The van der Waals surface area contributed by atoms with Gasteiger partial charge in [0.1, 0.15) is 12.1 Å². The first-order valence-corrected chi connectivity index (χ1v) is 5.94. The number of esters is 1. The van der Waals surface area contributed by atoms with Gasteiger partial charge in [0.25, 0.3) is 0 Å². The summed E-state index contributed by atoms with van der Waals surface area (Å²) in [5, 5.41) is 19.2. The standard InChI is InChI=1S/C11H18N2O7/c1-2-7(11(19)20-5-9(15)16)13-8(14)4-3-6(12)10(17)18/h6-7H,2-5,12H2,1H3,(H,13,14)(H,15,16)(H,17,18)/t6-,7?/m0/s1. The maximum atomic E-state index is 11.5. The Hall–Kier alpha value is -2.16. The SMILES string of the molecule is CCC(NC(=O)CC[C@H](N)C(=O)O)C(=O)OCC(=O)O. The summed E-state index contributed by atoms with van der Waals surface area (Å²) in [6.45, 7) is 0.824. The van der Waals surface area contributed by atoms with Crippen LogP contribution in [0.3, 0.4) is 0 Å². The number of hydrogen-bond donors (Lipinski definition) is 4. The van der Waals surface area contributed by atoms with Gasteiger partial charge in [0.2, 0.25) is 5.91 Å². The molecule has 0 heterocycles. The number of hydrogen-bond acceptors (Lipinski definition) is 6. The van der Waals surface area contributed by atoms with Crippen molar-refractivity contribution >= 4 is 23.8 Å². The molecular weight excluding hydrogens is 272 g/mol. The van der Waals surface area contributed by atoms with Gasteiger partial charge in [-0.15, -0.1) is 0 Å². The number of ether oxygens (including phenoxy) is 1. The summed E-state index contributed by atoms with van der Waals surface area (Å²) >= 11 is 0. The van der Waals surface area contributed by atoms with Gasteiger partial charge in [0.05, 0.1) is 0 Å². The van der Waals surface area contributed by atoms with Gasteiger partial charge >= 0.3 is 17.9 Å². The van der Waals surface area contributed by atoms with Gasteiger partial charge < -0.3 is 26.0 Å². The largest absolute Gasteiger partial charge is 0.480 e. The summed E-state index contributed by atoms with van der Waals surface area (Å²) in [7, 11) is 0. The Labute approximate surface area is 115 Å². The van der Waals surface area contributed by atoms with Crippen LogP contribution in [0, 0.1) is 0 Å². The van der Waals surface area contributed by atoms with E-state index in [-0.39, 0.29) is 19.3 Å². The van der Waals surface area contributed by atoms with Crippen molar-refractivity contribution < 1.29 is 34.1 Å². The minimum absolute atomic E-state index is 0.0677. The first-order valence-electron chi connectivity index (χ1n) is 5.94. The maximum absolute atomic E-state index is 11.5. The van der Waals surface area contributed by atoms with Crippen LogP contribution in [0.2, 0.25) is 0 Å². The van der Waals surface area contributed by atoms with Crippen LogP contribution in [0.15, 0.2) is 0 Å². The summed E-state index contributed by atoms with van der Waals surface area (Å²) in [6, 6.07) is -2.12. The van der Waals surface area contributed by atoms with E-state index in [0.717, 1.165) is 0 Å². The van der Waals surface area contributed by atoms with Crippen molar-refractivity contribution in [2.45, 2.75) is 38.3 Å². The monoisotopic (exact) mass is 290 g/mol. The highest BCUT2D eigenvalue weighted by atomic mass is 16.6. The fraction of sp³-hybridized carbons (Fsp3) is 0.636. The van der Waals surface area contributed by atoms with Crippen molar-refractivity contribution in [3.63, 3.8) is 0 Å². The zero-order chi connectivity index (χ0) is 15.7. The number of carboxylic acid groups (broad SMARTS) is 2. The number of rotatable bonds is 9. The molecule has 0 saturated carbocycles. The molecule has 0 saturated heterocycles. The highest BCUT2D eigenvalue weighted by Crippen LogP contribution is 1.99. The Morgan fingerprint density at radius 3 is 2.30 bits per heavy atom. The minimum Gasteiger partial charge on any atom is -0.480 e. The van der Waals surface area contributed by atoms with Gasteiger partial charge in [-0.25, -0.2) is 9.59 Å². The van der Waals surface area contributed by atoms with Crippen molar-refractivity contribution in [2.75, 3.05) is 6.61 Å². The van der Waals surface area contributed by atoms with Crippen molar-refractivity contribution in [1.29, 1.82) is 0 Å². The molecule has 1 unspecified atom stereocenters. The van der Waals surface area contributed by atoms with E-state index in [9.17, 15) is 19.2 Å². The zero-order valence-corrected chi connectivity index (χ0v) is 11.0. The minimum atomic E-state index is -1.30. The van der Waals surface area contributed by atoms with Crippen LogP contribution in [0.5, 0.6) is 0 Å². The highest BCUT2D eigenvalue weighted by Gasteiger charge is 2.22. The van der Waals surface area contributed by atoms with E-state index in [1.54, 1.807) is 6.92 Å². The number of aliphatic carboxylic acids is 2. The first-order chi connectivity index (χ1) is 9.27. The lowest BCUT2D eigenvalue weighted by Gasteiger charge is -2.15. The smallest absolute Gasteiger partial charge is 0.341 e. The number of amides is 1. The molecule has 2 atom stereocenters. The molecule has 0 aliphatic rings. The number of carbonyl (C=O) groups is 4. The second-order valence-electron chi connectivity index (χ2n) is 4.01. The molecule has 9 nitrogen and oxygen atoms in total. The summed E-state index contributed by atoms with van der Waals surface area (Å²) in [5.74, 6) is -3.93. The first kappa shape index (κ1) is 17.8. The number of nitrogens with two attached hydrogens (primary N) is 1. The van der Waals surface area contributed by atoms with E-state index in [2.05, 4.69) is 10.1 Å². The topological polar surface area (TPSA) is 156 Å². The average Bonchev–Trinajstić information content (AvgIpc) is 2.38. The predicted molar refractivity (Wildman–Crippen MR) is 65.7 cm³/mol. The van der Waals surface area contributed by atoms with Gasteiger partial charge in [-0.2, -0.15) is 0 Å². The quantitative estimate of drug-likeness (QED) is 0.382. The molecule has 114 valence electrons. The molecule has 0 aliphatic carbocycles. The fourth-order valence-electron chi connectivity index (χ4n) is 1.24. The Morgan fingerprint density at radius 1 is 1.25 bits per heavy atom. The van der Waals surface area contributed by atoms with Gasteiger partial charge in [-0.1, -0.05) is 6.92 Å². The van der Waals surface area contributed by atoms with E-state index < -0.39 is 42.5 Å². The Morgan fingerprint density at radius 2 is 1.85 bits per heavy atom. The molecule has 0 aliphatic heterocycles. The van der Waals surface area contributed by atoms with Crippen molar-refractivity contribution in [3.8, 4) is 0 Å². The van der Waals surface area contributed by atoms with Crippen LogP contribution < -0.4 is 11.1 Å². The maximum Gasteiger partial charge on any atom is 0.341 e. The van der Waals surface area contributed by atoms with Crippen molar-refractivity contribution in [2.24, 2.45) is 5.73 Å². The number of nitrogens with one attached hydrogen (secondary N) is 1. The average molecular weight is 290 g/mol. The van der Waals surface area contributed by atoms with Crippen LogP contribution in [0.25, 0.3) is 0 Å². The molecule has 0 aromatic rings. The number of carbonyl (C=O) groups excluding carboxylic acids is 2. The second-order valence-corrected chi connectivity index (χ2v) is 4.01. The van der Waals surface area contributed by atoms with E-state index in [0.29, 0.717) is 0 Å². The molecule has 0 aromatic heterocycles. The molecule has 0 aromatic carbocycles. The molecule has 5 N–H and O–H groups in total. The molecule has 0 radical (unpaired) electrons. The third-order valence-corrected chi connectivity index (χ3v) is 2.37. The van der Waals surface area contributed by atoms with Crippen LogP contribution in [-0.2, 0) is 23.9 Å². The predicted octanol–water partition coefficient (Wildman–Crippen LogP) is -1.30. The van der Waals surface area contributed by atoms with Gasteiger partial charge in [-0.05, 0) is 12.8 Å². The van der Waals surface area contributed by atoms with Crippen LogP contribution in [0.4, 0.5) is 0 Å². The number of carboxylic acids is 2. The van der Waals surface area contributed by atoms with Crippen LogP contribution in [-0.4, -0.2) is 52.7 Å². The molecule has 0 bridgehead atoms. The molecule has 0 rings (SSSR count). The lowest BCUT2D eigenvalue weighted by molar-refractivity contribution is -0.157. The van der Waals surface area contributed by atoms with E-state index >= 15 is 0 Å². The lowest BCUT2D eigenvalue weighted by atomic mass is 10.1. The summed E-state index contributed by atoms with van der Waals surface area (Å²) in [6.07, 6.45) is -0.00682. The van der Waals surface area contributed by atoms with Crippen molar-refractivity contribution in [3.05, 3.63) is 0 Å². The van der Waals surface area contributed by atoms with Crippen LogP contribution >= 0.6 is 0 Å². The lowest BCUT2D eigenvalue weighted by Crippen LogP contribution is -2.42. The molecular formula is C11H18N2O7. The molecule has 9 heteroatoms. The molecule has 20 heavy (non-hydrogen) atoms. The van der Waals surface area contributed by atoms with Gasteiger partial charge in [0.15, 0.2) is 6.61 Å². The third kappa shape index (κ3) is 7.31. The van der Waals surface area contributed by atoms with Crippen LogP contribution in [0.1, 0.15) is 26.2 Å². The summed E-state index contributed by atoms with van der Waals surface area (Å²) < 4.78 is 4.45. The fourth-order valence-corrected chi connectivity index (χ4v) is 1.24. The molecule has 0 fully saturated rings. The zero-order valence-electron chi connectivity index (χ0n) is 11.0. The Bertz CT molecular complexity index is 383. The third-order valence-electron chi connectivity index (χ3n) is 2.37. The van der Waals surface area contributed by atoms with E-state index in [1.807, 2.05) is 0 Å². The highest BCUT2D eigenvalue weighted by molar-refractivity contribution is 5.85. The molecule has 0 spiro atoms.